The Labute approximate surface area is 164 Å². The zero-order chi connectivity index (χ0) is 20.3. The molecule has 1 fully saturated rings. The monoisotopic (exact) mass is 388 g/mol. The Bertz CT molecular complexity index is 832. The third-order valence-electron chi connectivity index (χ3n) is 4.98. The molecule has 0 aromatic heterocycles. The Hall–Kier alpha value is -2.43. The van der Waals surface area contributed by atoms with E-state index in [4.69, 9.17) is 9.47 Å². The fraction of sp³-hybridized carbons (Fsp3) is 0.435. The average molecular weight is 388 g/mol. The molecule has 150 valence electrons. The number of aryl methyl sites for hydroxylation is 1. The minimum Gasteiger partial charge on any atom is -0.491 e. The van der Waals surface area contributed by atoms with Crippen molar-refractivity contribution in [1.29, 1.82) is 0 Å². The van der Waals surface area contributed by atoms with Gasteiger partial charge in [-0.25, -0.2) is 8.78 Å². The molecule has 28 heavy (non-hydrogen) atoms. The van der Waals surface area contributed by atoms with Gasteiger partial charge in [-0.05, 0) is 69.4 Å². The van der Waals surface area contributed by atoms with Crippen molar-refractivity contribution >= 4 is 5.97 Å². The van der Waals surface area contributed by atoms with Gasteiger partial charge in [0, 0.05) is 5.56 Å². The summed E-state index contributed by atoms with van der Waals surface area (Å²) in [7, 11) is 0. The Morgan fingerprint density at radius 3 is 2.57 bits per heavy atom. The van der Waals surface area contributed by atoms with Crippen molar-refractivity contribution in [3.8, 4) is 16.9 Å². The van der Waals surface area contributed by atoms with Gasteiger partial charge in [-0.2, -0.15) is 0 Å². The maximum atomic E-state index is 14.6. The predicted molar refractivity (Wildman–Crippen MR) is 105 cm³/mol. The molecule has 0 N–H and O–H groups in total. The lowest BCUT2D eigenvalue weighted by Gasteiger charge is -2.12. The van der Waals surface area contributed by atoms with Crippen LogP contribution >= 0.6 is 0 Å². The molecule has 0 bridgehead atoms. The molecule has 0 aliphatic heterocycles. The van der Waals surface area contributed by atoms with Crippen LogP contribution in [0.3, 0.4) is 0 Å². The number of benzene rings is 2. The van der Waals surface area contributed by atoms with Gasteiger partial charge in [-0.3, -0.25) is 4.79 Å². The molecule has 2 aromatic carbocycles. The first kappa shape index (κ1) is 20.3. The van der Waals surface area contributed by atoms with Crippen molar-refractivity contribution in [1.82, 2.24) is 0 Å². The highest BCUT2D eigenvalue weighted by Crippen LogP contribution is 2.51. The Morgan fingerprint density at radius 2 is 1.93 bits per heavy atom. The second-order valence-corrected chi connectivity index (χ2v) is 7.55. The molecule has 2 aromatic rings. The summed E-state index contributed by atoms with van der Waals surface area (Å²) in [5, 5.41) is 0. The zero-order valence-corrected chi connectivity index (χ0v) is 16.5. The van der Waals surface area contributed by atoms with Gasteiger partial charge >= 0.3 is 5.97 Å². The first-order valence-electron chi connectivity index (χ1n) is 9.73. The molecular weight excluding hydrogens is 362 g/mol. The predicted octanol–water partition coefficient (Wildman–Crippen LogP) is 5.50. The van der Waals surface area contributed by atoms with E-state index in [1.165, 1.54) is 6.07 Å². The van der Waals surface area contributed by atoms with Gasteiger partial charge in [0.2, 0.25) is 0 Å². The summed E-state index contributed by atoms with van der Waals surface area (Å²) in [6.45, 7) is 5.83. The number of halogens is 2. The standard InChI is InChI=1S/C23H26F2O3/c1-4-27-22(26)20-14-23(20,25)12-11-16-5-7-17(8-6-16)19-13-18(28-15(2)3)9-10-21(19)24/h5-10,13,15,20H,4,11-12,14H2,1-3H3/t20-,23+/m1/s1. The highest BCUT2D eigenvalue weighted by Gasteiger charge is 2.59. The lowest BCUT2D eigenvalue weighted by molar-refractivity contribution is -0.145. The largest absolute Gasteiger partial charge is 0.491 e. The number of carbonyl (C=O) groups excluding carboxylic acids is 1. The summed E-state index contributed by atoms with van der Waals surface area (Å²) >= 11 is 0. The van der Waals surface area contributed by atoms with Crippen LogP contribution in [0.2, 0.25) is 0 Å². The summed E-state index contributed by atoms with van der Waals surface area (Å²) in [5.74, 6) is -0.778. The molecule has 2 atom stereocenters. The summed E-state index contributed by atoms with van der Waals surface area (Å²) in [6.07, 6.45) is 1.04. The lowest BCUT2D eigenvalue weighted by atomic mass is 10.00. The van der Waals surface area contributed by atoms with E-state index in [0.717, 1.165) is 11.1 Å². The summed E-state index contributed by atoms with van der Waals surface area (Å²) in [4.78, 5) is 11.7. The molecule has 0 radical (unpaired) electrons. The van der Waals surface area contributed by atoms with Gasteiger partial charge in [-0.15, -0.1) is 0 Å². The minimum atomic E-state index is -1.46. The first-order valence-corrected chi connectivity index (χ1v) is 9.73. The SMILES string of the molecule is CCOC(=O)[C@H]1C[C@@]1(F)CCc1ccc(-c2cc(OC(C)C)ccc2F)cc1. The molecule has 1 aliphatic carbocycles. The Kier molecular flexibility index (Phi) is 6.01. The van der Waals surface area contributed by atoms with Crippen LogP contribution in [0.5, 0.6) is 5.75 Å². The van der Waals surface area contributed by atoms with E-state index in [-0.39, 0.29) is 31.4 Å². The summed E-state index contributed by atoms with van der Waals surface area (Å²) in [6, 6.07) is 12.1. The van der Waals surface area contributed by atoms with Gasteiger partial charge in [0.25, 0.3) is 0 Å². The van der Waals surface area contributed by atoms with Crippen molar-refractivity contribution in [3.63, 3.8) is 0 Å². The van der Waals surface area contributed by atoms with E-state index in [9.17, 15) is 13.6 Å². The fourth-order valence-electron chi connectivity index (χ4n) is 3.37. The molecule has 3 nitrogen and oxygen atoms in total. The molecular formula is C23H26F2O3. The molecule has 0 amide bonds. The van der Waals surface area contributed by atoms with E-state index in [1.54, 1.807) is 19.1 Å². The number of hydrogen-bond acceptors (Lipinski definition) is 3. The van der Waals surface area contributed by atoms with Crippen molar-refractivity contribution in [2.45, 2.75) is 51.8 Å². The topological polar surface area (TPSA) is 35.5 Å². The molecule has 5 heteroatoms. The van der Waals surface area contributed by atoms with E-state index < -0.39 is 17.6 Å². The molecule has 0 saturated heterocycles. The van der Waals surface area contributed by atoms with Crippen LogP contribution in [0.4, 0.5) is 8.78 Å². The third-order valence-corrected chi connectivity index (χ3v) is 4.98. The molecule has 0 spiro atoms. The maximum Gasteiger partial charge on any atom is 0.312 e. The van der Waals surface area contributed by atoms with Gasteiger partial charge in [0.1, 0.15) is 17.2 Å². The molecule has 1 saturated carbocycles. The van der Waals surface area contributed by atoms with Crippen molar-refractivity contribution in [2.24, 2.45) is 5.92 Å². The quantitative estimate of drug-likeness (QED) is 0.560. The number of carbonyl (C=O) groups is 1. The molecule has 3 rings (SSSR count). The number of hydrogen-bond donors (Lipinski definition) is 0. The summed E-state index contributed by atoms with van der Waals surface area (Å²) in [5.41, 5.74) is 0.697. The van der Waals surface area contributed by atoms with Gasteiger partial charge in [-0.1, -0.05) is 24.3 Å². The number of rotatable bonds is 8. The lowest BCUT2D eigenvalue weighted by Crippen LogP contribution is -2.15. The molecule has 1 aliphatic rings. The summed E-state index contributed by atoms with van der Waals surface area (Å²) < 4.78 is 39.4. The van der Waals surface area contributed by atoms with Crippen LogP contribution in [-0.4, -0.2) is 24.3 Å². The number of esters is 1. The number of ether oxygens (including phenoxy) is 2. The molecule has 0 heterocycles. The van der Waals surface area contributed by atoms with E-state index >= 15 is 0 Å². The van der Waals surface area contributed by atoms with E-state index in [0.29, 0.717) is 17.7 Å². The molecule has 0 unspecified atom stereocenters. The zero-order valence-electron chi connectivity index (χ0n) is 16.5. The van der Waals surface area contributed by atoms with Gasteiger partial charge < -0.3 is 9.47 Å². The highest BCUT2D eigenvalue weighted by molar-refractivity contribution is 5.77. The second kappa shape index (κ2) is 8.29. The normalized spacial score (nSPS) is 20.9. The van der Waals surface area contributed by atoms with Crippen molar-refractivity contribution < 1.29 is 23.0 Å². The minimum absolute atomic E-state index is 0.00886. The third kappa shape index (κ3) is 4.70. The number of alkyl halides is 1. The Morgan fingerprint density at radius 1 is 1.21 bits per heavy atom. The van der Waals surface area contributed by atoms with Gasteiger partial charge in [0.05, 0.1) is 18.6 Å². The highest BCUT2D eigenvalue weighted by atomic mass is 19.1. The average Bonchev–Trinajstić information content (AvgIpc) is 3.34. The van der Waals surface area contributed by atoms with Crippen LogP contribution in [0.1, 0.15) is 39.2 Å². The Balaban J connectivity index is 1.64. The first-order chi connectivity index (χ1) is 13.3. The van der Waals surface area contributed by atoms with Crippen molar-refractivity contribution in [3.05, 3.63) is 53.8 Å². The van der Waals surface area contributed by atoms with Gasteiger partial charge in [0.15, 0.2) is 0 Å². The van der Waals surface area contributed by atoms with Crippen LogP contribution < -0.4 is 4.74 Å². The second-order valence-electron chi connectivity index (χ2n) is 7.55. The van der Waals surface area contributed by atoms with E-state index in [2.05, 4.69) is 0 Å². The van der Waals surface area contributed by atoms with Crippen LogP contribution in [0.25, 0.3) is 11.1 Å². The van der Waals surface area contributed by atoms with Crippen molar-refractivity contribution in [2.75, 3.05) is 6.61 Å². The smallest absolute Gasteiger partial charge is 0.312 e. The van der Waals surface area contributed by atoms with E-state index in [1.807, 2.05) is 38.1 Å². The van der Waals surface area contributed by atoms with Crippen LogP contribution in [0, 0.1) is 11.7 Å². The van der Waals surface area contributed by atoms with Crippen LogP contribution in [0.15, 0.2) is 42.5 Å². The van der Waals surface area contributed by atoms with Crippen LogP contribution in [-0.2, 0) is 16.0 Å². The fourth-order valence-corrected chi connectivity index (χ4v) is 3.37. The maximum absolute atomic E-state index is 14.6.